The van der Waals surface area contributed by atoms with E-state index in [1.807, 2.05) is 13.0 Å². The third-order valence-electron chi connectivity index (χ3n) is 4.45. The SMILES string of the molecule is CCNC(=O)c1ccc(OC2CCC(C)C(C)C2)c(N)c1. The molecule has 2 rings (SSSR count). The van der Waals surface area contributed by atoms with E-state index in [0.717, 1.165) is 18.8 Å². The van der Waals surface area contributed by atoms with E-state index in [9.17, 15) is 4.79 Å². The molecule has 1 amide bonds. The van der Waals surface area contributed by atoms with Gasteiger partial charge < -0.3 is 15.8 Å². The fourth-order valence-corrected chi connectivity index (χ4v) is 2.84. The molecule has 3 atom stereocenters. The molecule has 0 saturated heterocycles. The number of carbonyl (C=O) groups excluding carboxylic acids is 1. The minimum Gasteiger partial charge on any atom is -0.488 e. The molecule has 1 aromatic rings. The number of hydrogen-bond acceptors (Lipinski definition) is 3. The molecule has 1 saturated carbocycles. The second-order valence-electron chi connectivity index (χ2n) is 6.12. The van der Waals surface area contributed by atoms with Gasteiger partial charge >= 0.3 is 0 Å². The molecule has 0 spiro atoms. The number of carbonyl (C=O) groups is 1. The number of benzene rings is 1. The lowest BCUT2D eigenvalue weighted by atomic mass is 9.80. The van der Waals surface area contributed by atoms with Crippen molar-refractivity contribution in [3.05, 3.63) is 23.8 Å². The number of nitrogen functional groups attached to an aromatic ring is 1. The van der Waals surface area contributed by atoms with Gasteiger partial charge in [0.05, 0.1) is 11.8 Å². The molecule has 3 N–H and O–H groups in total. The quantitative estimate of drug-likeness (QED) is 0.837. The van der Waals surface area contributed by atoms with Gasteiger partial charge in [-0.05, 0) is 56.2 Å². The van der Waals surface area contributed by atoms with Crippen molar-refractivity contribution in [2.24, 2.45) is 11.8 Å². The number of nitrogens with two attached hydrogens (primary N) is 1. The first-order valence-electron chi connectivity index (χ1n) is 7.85. The smallest absolute Gasteiger partial charge is 0.251 e. The third-order valence-corrected chi connectivity index (χ3v) is 4.45. The van der Waals surface area contributed by atoms with E-state index < -0.39 is 0 Å². The Balaban J connectivity index is 2.03. The molecule has 1 fully saturated rings. The Bertz CT molecular complexity index is 502. The van der Waals surface area contributed by atoms with Crippen LogP contribution in [0.4, 0.5) is 5.69 Å². The van der Waals surface area contributed by atoms with Crippen molar-refractivity contribution in [3.63, 3.8) is 0 Å². The highest BCUT2D eigenvalue weighted by atomic mass is 16.5. The number of anilines is 1. The van der Waals surface area contributed by atoms with Gasteiger partial charge in [0.25, 0.3) is 5.91 Å². The molecule has 1 aliphatic rings. The topological polar surface area (TPSA) is 64.3 Å². The lowest BCUT2D eigenvalue weighted by Gasteiger charge is -2.32. The molecule has 0 heterocycles. The second kappa shape index (κ2) is 6.83. The number of rotatable bonds is 4. The Hall–Kier alpha value is -1.71. The molecule has 1 aliphatic carbocycles. The van der Waals surface area contributed by atoms with Gasteiger partial charge in [0.1, 0.15) is 5.75 Å². The minimum absolute atomic E-state index is 0.101. The second-order valence-corrected chi connectivity index (χ2v) is 6.12. The molecule has 4 heteroatoms. The molecular formula is C17H26N2O2. The van der Waals surface area contributed by atoms with Crippen molar-refractivity contribution in [2.75, 3.05) is 12.3 Å². The Morgan fingerprint density at radius 1 is 1.33 bits per heavy atom. The van der Waals surface area contributed by atoms with E-state index in [0.29, 0.717) is 29.5 Å². The zero-order valence-corrected chi connectivity index (χ0v) is 13.2. The van der Waals surface area contributed by atoms with Crippen LogP contribution in [0, 0.1) is 11.8 Å². The molecule has 21 heavy (non-hydrogen) atoms. The largest absolute Gasteiger partial charge is 0.488 e. The maximum atomic E-state index is 11.8. The van der Waals surface area contributed by atoms with Crippen molar-refractivity contribution in [1.82, 2.24) is 5.32 Å². The fraction of sp³-hybridized carbons (Fsp3) is 0.588. The predicted octanol–water partition coefficient (Wildman–Crippen LogP) is 3.22. The van der Waals surface area contributed by atoms with Crippen LogP contribution in [0.15, 0.2) is 18.2 Å². The van der Waals surface area contributed by atoms with E-state index in [1.165, 1.54) is 6.42 Å². The summed E-state index contributed by atoms with van der Waals surface area (Å²) in [5.41, 5.74) is 7.14. The van der Waals surface area contributed by atoms with Crippen molar-refractivity contribution in [1.29, 1.82) is 0 Å². The van der Waals surface area contributed by atoms with Gasteiger partial charge in [-0.25, -0.2) is 0 Å². The highest BCUT2D eigenvalue weighted by Gasteiger charge is 2.26. The van der Waals surface area contributed by atoms with Crippen LogP contribution in [-0.4, -0.2) is 18.6 Å². The van der Waals surface area contributed by atoms with Crippen LogP contribution in [0.3, 0.4) is 0 Å². The van der Waals surface area contributed by atoms with Crippen LogP contribution in [-0.2, 0) is 0 Å². The van der Waals surface area contributed by atoms with Gasteiger partial charge in [-0.3, -0.25) is 4.79 Å². The average Bonchev–Trinajstić information content (AvgIpc) is 2.45. The van der Waals surface area contributed by atoms with Gasteiger partial charge in [-0.1, -0.05) is 13.8 Å². The van der Waals surface area contributed by atoms with Gasteiger partial charge in [-0.2, -0.15) is 0 Å². The molecule has 0 radical (unpaired) electrons. The number of amides is 1. The van der Waals surface area contributed by atoms with Crippen LogP contribution >= 0.6 is 0 Å². The van der Waals surface area contributed by atoms with E-state index in [4.69, 9.17) is 10.5 Å². The molecular weight excluding hydrogens is 264 g/mol. The molecule has 1 aromatic carbocycles. The summed E-state index contributed by atoms with van der Waals surface area (Å²) >= 11 is 0. The van der Waals surface area contributed by atoms with Crippen LogP contribution in [0.5, 0.6) is 5.75 Å². The molecule has 4 nitrogen and oxygen atoms in total. The van der Waals surface area contributed by atoms with E-state index >= 15 is 0 Å². The highest BCUT2D eigenvalue weighted by molar-refractivity contribution is 5.95. The predicted molar refractivity (Wildman–Crippen MR) is 85.5 cm³/mol. The van der Waals surface area contributed by atoms with Gasteiger partial charge in [-0.15, -0.1) is 0 Å². The minimum atomic E-state index is -0.101. The molecule has 0 bridgehead atoms. The lowest BCUT2D eigenvalue weighted by molar-refractivity contribution is 0.0955. The molecule has 0 aliphatic heterocycles. The Labute approximate surface area is 127 Å². The van der Waals surface area contributed by atoms with Crippen LogP contribution in [0.25, 0.3) is 0 Å². The number of ether oxygens (including phenoxy) is 1. The van der Waals surface area contributed by atoms with Crippen molar-refractivity contribution >= 4 is 11.6 Å². The summed E-state index contributed by atoms with van der Waals surface area (Å²) in [6, 6.07) is 5.27. The molecule has 116 valence electrons. The maximum Gasteiger partial charge on any atom is 0.251 e. The summed E-state index contributed by atoms with van der Waals surface area (Å²) < 4.78 is 6.04. The van der Waals surface area contributed by atoms with E-state index in [1.54, 1.807) is 12.1 Å². The van der Waals surface area contributed by atoms with Crippen molar-refractivity contribution < 1.29 is 9.53 Å². The van der Waals surface area contributed by atoms with Gasteiger partial charge in [0.2, 0.25) is 0 Å². The monoisotopic (exact) mass is 290 g/mol. The standard InChI is InChI=1S/C17H26N2O2/c1-4-19-17(20)13-6-8-16(15(18)10-13)21-14-7-5-11(2)12(3)9-14/h6,8,10-12,14H,4-5,7,9,18H2,1-3H3,(H,19,20). The molecule has 3 unspecified atom stereocenters. The van der Waals surface area contributed by atoms with Crippen LogP contribution in [0.2, 0.25) is 0 Å². The molecule has 0 aromatic heterocycles. The van der Waals surface area contributed by atoms with Gasteiger partial charge in [0, 0.05) is 12.1 Å². The van der Waals surface area contributed by atoms with Crippen LogP contribution < -0.4 is 15.8 Å². The summed E-state index contributed by atoms with van der Waals surface area (Å²) in [4.78, 5) is 11.8. The third kappa shape index (κ3) is 3.90. The van der Waals surface area contributed by atoms with Crippen molar-refractivity contribution in [3.8, 4) is 5.75 Å². The van der Waals surface area contributed by atoms with Gasteiger partial charge in [0.15, 0.2) is 0 Å². The maximum absolute atomic E-state index is 11.8. The summed E-state index contributed by atoms with van der Waals surface area (Å²) in [5, 5.41) is 2.77. The number of hydrogen-bond donors (Lipinski definition) is 2. The summed E-state index contributed by atoms with van der Waals surface area (Å²) in [5.74, 6) is 2.03. The first kappa shape index (κ1) is 15.7. The summed E-state index contributed by atoms with van der Waals surface area (Å²) in [7, 11) is 0. The summed E-state index contributed by atoms with van der Waals surface area (Å²) in [6.45, 7) is 7.08. The summed E-state index contributed by atoms with van der Waals surface area (Å²) in [6.07, 6.45) is 3.57. The van der Waals surface area contributed by atoms with Crippen molar-refractivity contribution in [2.45, 2.75) is 46.1 Å². The van der Waals surface area contributed by atoms with E-state index in [2.05, 4.69) is 19.2 Å². The van der Waals surface area contributed by atoms with E-state index in [-0.39, 0.29) is 12.0 Å². The first-order chi connectivity index (χ1) is 10.0. The zero-order chi connectivity index (χ0) is 15.4. The highest BCUT2D eigenvalue weighted by Crippen LogP contribution is 2.33. The normalized spacial score (nSPS) is 25.4. The zero-order valence-electron chi connectivity index (χ0n) is 13.2. The fourth-order valence-electron chi connectivity index (χ4n) is 2.84. The number of nitrogens with one attached hydrogen (secondary N) is 1. The first-order valence-corrected chi connectivity index (χ1v) is 7.85. The Morgan fingerprint density at radius 3 is 2.71 bits per heavy atom. The lowest BCUT2D eigenvalue weighted by Crippen LogP contribution is -2.29. The Kier molecular flexibility index (Phi) is 5.10. The average molecular weight is 290 g/mol. The van der Waals surface area contributed by atoms with Crippen LogP contribution in [0.1, 0.15) is 50.4 Å². The Morgan fingerprint density at radius 2 is 2.10 bits per heavy atom.